The van der Waals surface area contributed by atoms with E-state index >= 15 is 0 Å². The molecular formula is C30H32N6O2. The summed E-state index contributed by atoms with van der Waals surface area (Å²) in [6, 6.07) is 23.2. The van der Waals surface area contributed by atoms with Crippen LogP contribution in [0, 0.1) is 6.92 Å². The largest absolute Gasteiger partial charge is 0.384 e. The number of nitrogen functional groups attached to an aromatic ring is 1. The lowest BCUT2D eigenvalue weighted by Gasteiger charge is -2.30. The highest BCUT2D eigenvalue weighted by Crippen LogP contribution is 2.29. The topological polar surface area (TPSA) is 106 Å². The zero-order valence-electron chi connectivity index (χ0n) is 21.7. The summed E-state index contributed by atoms with van der Waals surface area (Å²) in [5.74, 6) is 0.585. The molecule has 3 heterocycles. The van der Waals surface area contributed by atoms with Crippen LogP contribution in [-0.4, -0.2) is 27.5 Å². The molecule has 4 aromatic rings. The number of nitrogens with zero attached hydrogens (tertiary/aromatic N) is 4. The lowest BCUT2D eigenvalue weighted by Crippen LogP contribution is -2.39. The van der Waals surface area contributed by atoms with Crippen LogP contribution in [0.15, 0.2) is 83.8 Å². The Morgan fingerprint density at radius 3 is 2.53 bits per heavy atom. The van der Waals surface area contributed by atoms with Gasteiger partial charge in [0.2, 0.25) is 5.91 Å². The number of amides is 1. The molecule has 1 aliphatic heterocycles. The summed E-state index contributed by atoms with van der Waals surface area (Å²) in [6.07, 6.45) is 3.63. The lowest BCUT2D eigenvalue weighted by molar-refractivity contribution is -0.124. The third kappa shape index (κ3) is 5.16. The van der Waals surface area contributed by atoms with E-state index in [0.29, 0.717) is 37.4 Å². The fourth-order valence-electron chi connectivity index (χ4n) is 5.16. The summed E-state index contributed by atoms with van der Waals surface area (Å²) in [6.45, 7) is 2.18. The average molecular weight is 509 g/mol. The number of benzene rings is 2. The van der Waals surface area contributed by atoms with E-state index in [0.717, 1.165) is 22.5 Å². The number of aromatic nitrogens is 3. The minimum Gasteiger partial charge on any atom is -0.384 e. The van der Waals surface area contributed by atoms with Gasteiger partial charge in [-0.1, -0.05) is 66.7 Å². The second kappa shape index (κ2) is 10.9. The van der Waals surface area contributed by atoms with E-state index in [1.165, 1.54) is 5.56 Å². The van der Waals surface area contributed by atoms with Crippen LogP contribution in [0.1, 0.15) is 46.6 Å². The second-order valence-electron chi connectivity index (χ2n) is 9.73. The molecule has 2 aromatic carbocycles. The predicted octanol–water partition coefficient (Wildman–Crippen LogP) is 3.75. The summed E-state index contributed by atoms with van der Waals surface area (Å²) >= 11 is 0. The van der Waals surface area contributed by atoms with Gasteiger partial charge in [0.1, 0.15) is 11.9 Å². The van der Waals surface area contributed by atoms with Gasteiger partial charge < -0.3 is 16.0 Å². The Kier molecular flexibility index (Phi) is 7.22. The van der Waals surface area contributed by atoms with Crippen molar-refractivity contribution in [1.82, 2.24) is 19.9 Å². The fourth-order valence-corrected chi connectivity index (χ4v) is 5.16. The van der Waals surface area contributed by atoms with Crippen molar-refractivity contribution < 1.29 is 4.79 Å². The Morgan fingerprint density at radius 1 is 1.11 bits per heavy atom. The average Bonchev–Trinajstić information content (AvgIpc) is 3.37. The first-order valence-corrected chi connectivity index (χ1v) is 12.8. The quantitative estimate of drug-likeness (QED) is 0.376. The number of nitrogens with two attached hydrogens (primary N) is 1. The number of hydrogen-bond acceptors (Lipinski definition) is 6. The summed E-state index contributed by atoms with van der Waals surface area (Å²) in [5.41, 5.74) is 10.2. The predicted molar refractivity (Wildman–Crippen MR) is 149 cm³/mol. The van der Waals surface area contributed by atoms with Gasteiger partial charge in [0, 0.05) is 31.2 Å². The van der Waals surface area contributed by atoms with Crippen molar-refractivity contribution in [2.24, 2.45) is 0 Å². The first-order chi connectivity index (χ1) is 18.4. The zero-order valence-corrected chi connectivity index (χ0v) is 21.7. The van der Waals surface area contributed by atoms with Crippen molar-refractivity contribution >= 4 is 17.5 Å². The smallest absolute Gasteiger partial charge is 0.294 e. The van der Waals surface area contributed by atoms with Crippen LogP contribution in [-0.2, 0) is 24.2 Å². The number of hydrogen-bond donors (Lipinski definition) is 2. The van der Waals surface area contributed by atoms with E-state index in [9.17, 15) is 9.59 Å². The number of carbonyl (C=O) groups is 1. The van der Waals surface area contributed by atoms with Crippen molar-refractivity contribution in [2.75, 3.05) is 17.7 Å². The minimum absolute atomic E-state index is 0.105. The molecule has 0 saturated carbocycles. The molecule has 0 spiro atoms. The second-order valence-corrected chi connectivity index (χ2v) is 9.73. The molecule has 1 amide bonds. The van der Waals surface area contributed by atoms with Crippen LogP contribution in [0.25, 0.3) is 0 Å². The normalized spacial score (nSPS) is 15.1. The number of pyridine rings is 1. The maximum Gasteiger partial charge on any atom is 0.294 e. The van der Waals surface area contributed by atoms with Gasteiger partial charge in [0.25, 0.3) is 5.56 Å². The molecule has 8 heteroatoms. The van der Waals surface area contributed by atoms with Crippen LogP contribution in [0.2, 0.25) is 0 Å². The molecule has 194 valence electrons. The first kappa shape index (κ1) is 25.2. The van der Waals surface area contributed by atoms with Crippen LogP contribution >= 0.6 is 0 Å². The number of aryl methyl sites for hydroxylation is 2. The maximum absolute atomic E-state index is 13.8. The van der Waals surface area contributed by atoms with Gasteiger partial charge in [-0.25, -0.2) is 9.97 Å². The van der Waals surface area contributed by atoms with Crippen molar-refractivity contribution in [2.45, 2.75) is 44.8 Å². The van der Waals surface area contributed by atoms with Crippen molar-refractivity contribution in [3.05, 3.63) is 117 Å². The molecule has 0 aliphatic carbocycles. The summed E-state index contributed by atoms with van der Waals surface area (Å²) in [4.78, 5) is 37.8. The van der Waals surface area contributed by atoms with Gasteiger partial charge >= 0.3 is 0 Å². The fraction of sp³-hybridized carbons (Fsp3) is 0.267. The van der Waals surface area contributed by atoms with E-state index in [-0.39, 0.29) is 17.5 Å². The van der Waals surface area contributed by atoms with Gasteiger partial charge in [-0.2, -0.15) is 0 Å². The Hall–Kier alpha value is -4.46. The Morgan fingerprint density at radius 2 is 1.82 bits per heavy atom. The van der Waals surface area contributed by atoms with Gasteiger partial charge in [-0.3, -0.25) is 14.2 Å². The van der Waals surface area contributed by atoms with Crippen molar-refractivity contribution in [3.63, 3.8) is 0 Å². The molecule has 0 bridgehead atoms. The van der Waals surface area contributed by atoms with E-state index in [2.05, 4.69) is 39.6 Å². The number of anilines is 2. The maximum atomic E-state index is 13.8. The van der Waals surface area contributed by atoms with E-state index < -0.39 is 6.04 Å². The molecule has 1 aliphatic rings. The van der Waals surface area contributed by atoms with Crippen LogP contribution in [0.3, 0.4) is 0 Å². The van der Waals surface area contributed by atoms with Crippen molar-refractivity contribution in [1.29, 1.82) is 0 Å². The third-order valence-electron chi connectivity index (χ3n) is 7.27. The molecule has 0 saturated heterocycles. The number of rotatable bonds is 8. The molecule has 38 heavy (non-hydrogen) atoms. The lowest BCUT2D eigenvalue weighted by atomic mass is 9.97. The van der Waals surface area contributed by atoms with E-state index in [1.807, 2.05) is 61.3 Å². The molecule has 3 N–H and O–H groups in total. The Bertz CT molecular complexity index is 1490. The van der Waals surface area contributed by atoms with Crippen LogP contribution in [0.5, 0.6) is 0 Å². The van der Waals surface area contributed by atoms with Gasteiger partial charge in [-0.05, 0) is 48.9 Å². The molecule has 2 atom stereocenters. The highest BCUT2D eigenvalue weighted by molar-refractivity contribution is 5.81. The number of carbonyl (C=O) groups excluding carboxylic acids is 1. The standard InChI is InChI=1S/C30H32N6O2/c1-20-23(13-16-27(31)34-20)18-33-29(37)25-15-14-24-19-32-28(30(38)36(24)25)35(2)26(22-11-7-4-8-12-22)17-21-9-5-3-6-10-21/h3-13,16,19,25-26H,14-15,17-18H2,1-2H3,(H2,31,34)(H,33,37)/t25-,26?/m0/s1. The molecular weight excluding hydrogens is 476 g/mol. The molecule has 0 radical (unpaired) electrons. The number of fused-ring (bicyclic) bond motifs is 1. The van der Waals surface area contributed by atoms with Gasteiger partial charge in [-0.15, -0.1) is 0 Å². The molecule has 2 aromatic heterocycles. The van der Waals surface area contributed by atoms with Gasteiger partial charge in [0.05, 0.1) is 6.04 Å². The summed E-state index contributed by atoms with van der Waals surface area (Å²) < 4.78 is 1.62. The number of likely N-dealkylation sites (N-methyl/N-ethyl adjacent to an activating group) is 1. The van der Waals surface area contributed by atoms with Gasteiger partial charge in [0.15, 0.2) is 5.82 Å². The third-order valence-corrected chi connectivity index (χ3v) is 7.27. The molecule has 1 unspecified atom stereocenters. The zero-order chi connectivity index (χ0) is 26.6. The summed E-state index contributed by atoms with van der Waals surface area (Å²) in [7, 11) is 1.90. The first-order valence-electron chi connectivity index (χ1n) is 12.8. The number of nitrogens with one attached hydrogen (secondary N) is 1. The summed E-state index contributed by atoms with van der Waals surface area (Å²) in [5, 5.41) is 2.99. The minimum atomic E-state index is -0.584. The van der Waals surface area contributed by atoms with Crippen LogP contribution < -0.4 is 21.5 Å². The molecule has 5 rings (SSSR count). The van der Waals surface area contributed by atoms with E-state index in [4.69, 9.17) is 5.73 Å². The monoisotopic (exact) mass is 508 g/mol. The Balaban J connectivity index is 1.42. The molecule has 0 fully saturated rings. The highest BCUT2D eigenvalue weighted by atomic mass is 16.2. The Labute approximate surface area is 222 Å². The highest BCUT2D eigenvalue weighted by Gasteiger charge is 2.32. The van der Waals surface area contributed by atoms with Crippen molar-refractivity contribution in [3.8, 4) is 0 Å². The molecule has 8 nitrogen and oxygen atoms in total. The SMILES string of the molecule is Cc1nc(N)ccc1CNC(=O)[C@@H]1CCc2cnc(N(C)C(Cc3ccccc3)c3ccccc3)c(=O)n21. The van der Waals surface area contributed by atoms with E-state index in [1.54, 1.807) is 16.8 Å². The van der Waals surface area contributed by atoms with Crippen LogP contribution in [0.4, 0.5) is 11.6 Å².